The Kier molecular flexibility index (Phi) is 5.00. The molecule has 1 amide bonds. The van der Waals surface area contributed by atoms with Crippen LogP contribution in [0.5, 0.6) is 0 Å². The zero-order valence-corrected chi connectivity index (χ0v) is 14.7. The quantitative estimate of drug-likeness (QED) is 0.867. The highest BCUT2D eigenvalue weighted by Gasteiger charge is 2.19. The number of aromatic nitrogens is 2. The van der Waals surface area contributed by atoms with Crippen LogP contribution in [0, 0.1) is 13.8 Å². The molecule has 5 heteroatoms. The number of likely N-dealkylation sites (N-methyl/N-ethyl adjacent to an activating group) is 1. The van der Waals surface area contributed by atoms with Crippen LogP contribution in [-0.4, -0.2) is 46.9 Å². The van der Waals surface area contributed by atoms with E-state index in [0.717, 1.165) is 36.5 Å². The average Bonchev–Trinajstić information content (AvgIpc) is 2.93. The molecule has 0 unspecified atom stereocenters. The maximum absolute atomic E-state index is 12.6. The summed E-state index contributed by atoms with van der Waals surface area (Å²) in [6.45, 7) is 5.46. The first-order valence-electron chi connectivity index (χ1n) is 8.55. The zero-order valence-electron chi connectivity index (χ0n) is 14.7. The van der Waals surface area contributed by atoms with E-state index in [-0.39, 0.29) is 12.0 Å². The fraction of sp³-hybridized carbons (Fsp3) is 0.474. The largest absolute Gasteiger partial charge is 0.376 e. The molecule has 0 N–H and O–H groups in total. The van der Waals surface area contributed by atoms with Crippen LogP contribution in [0.25, 0.3) is 5.69 Å². The van der Waals surface area contributed by atoms with Crippen LogP contribution >= 0.6 is 0 Å². The van der Waals surface area contributed by atoms with E-state index in [1.165, 1.54) is 6.42 Å². The first-order valence-corrected chi connectivity index (χ1v) is 8.55. The SMILES string of the molecule is Cc1cc(C)n(-c2ccc(C(=O)N(C)C[C@H]3CCCCO3)cc2)n1. The molecule has 5 nitrogen and oxygen atoms in total. The van der Waals surface area contributed by atoms with Gasteiger partial charge in [-0.25, -0.2) is 4.68 Å². The molecule has 1 aromatic carbocycles. The van der Waals surface area contributed by atoms with Crippen LogP contribution < -0.4 is 0 Å². The molecule has 0 bridgehead atoms. The van der Waals surface area contributed by atoms with Gasteiger partial charge < -0.3 is 9.64 Å². The highest BCUT2D eigenvalue weighted by molar-refractivity contribution is 5.94. The number of hydrogen-bond donors (Lipinski definition) is 0. The minimum atomic E-state index is 0.0316. The summed E-state index contributed by atoms with van der Waals surface area (Å²) in [6, 6.07) is 9.66. The van der Waals surface area contributed by atoms with Crippen LogP contribution in [0.15, 0.2) is 30.3 Å². The van der Waals surface area contributed by atoms with Crippen molar-refractivity contribution in [2.75, 3.05) is 20.2 Å². The van der Waals surface area contributed by atoms with Crippen molar-refractivity contribution < 1.29 is 9.53 Å². The molecule has 1 aliphatic rings. The minimum absolute atomic E-state index is 0.0316. The number of amides is 1. The summed E-state index contributed by atoms with van der Waals surface area (Å²) in [4.78, 5) is 14.3. The van der Waals surface area contributed by atoms with Crippen molar-refractivity contribution in [1.29, 1.82) is 0 Å². The van der Waals surface area contributed by atoms with Crippen molar-refractivity contribution in [1.82, 2.24) is 14.7 Å². The third-order valence-electron chi connectivity index (χ3n) is 4.47. The Bertz CT molecular complexity index is 700. The summed E-state index contributed by atoms with van der Waals surface area (Å²) in [5, 5.41) is 4.47. The van der Waals surface area contributed by atoms with Gasteiger partial charge >= 0.3 is 0 Å². The summed E-state index contributed by atoms with van der Waals surface area (Å²) in [7, 11) is 1.84. The van der Waals surface area contributed by atoms with Crippen molar-refractivity contribution >= 4 is 5.91 Å². The van der Waals surface area contributed by atoms with Gasteiger partial charge in [-0.05, 0) is 63.4 Å². The molecule has 1 saturated heterocycles. The number of rotatable bonds is 4. The third kappa shape index (κ3) is 3.67. The first-order chi connectivity index (χ1) is 11.5. The molecule has 2 heterocycles. The van der Waals surface area contributed by atoms with E-state index < -0.39 is 0 Å². The monoisotopic (exact) mass is 327 g/mol. The predicted molar refractivity (Wildman–Crippen MR) is 93.6 cm³/mol. The van der Waals surface area contributed by atoms with Gasteiger partial charge in [-0.1, -0.05) is 0 Å². The van der Waals surface area contributed by atoms with E-state index >= 15 is 0 Å². The Labute approximate surface area is 143 Å². The first kappa shape index (κ1) is 16.7. The highest BCUT2D eigenvalue weighted by atomic mass is 16.5. The zero-order chi connectivity index (χ0) is 17.1. The highest BCUT2D eigenvalue weighted by Crippen LogP contribution is 2.16. The number of benzene rings is 1. The van der Waals surface area contributed by atoms with Gasteiger partial charge in [0.2, 0.25) is 0 Å². The van der Waals surface area contributed by atoms with Gasteiger partial charge in [-0.15, -0.1) is 0 Å². The van der Waals surface area contributed by atoms with E-state index in [1.54, 1.807) is 4.90 Å². The summed E-state index contributed by atoms with van der Waals surface area (Å²) in [5.74, 6) is 0.0316. The molecule has 1 aliphatic heterocycles. The van der Waals surface area contributed by atoms with Crippen LogP contribution in [0.3, 0.4) is 0 Å². The molecule has 2 aromatic rings. The van der Waals surface area contributed by atoms with E-state index in [0.29, 0.717) is 12.1 Å². The second-order valence-corrected chi connectivity index (χ2v) is 6.56. The lowest BCUT2D eigenvalue weighted by molar-refractivity contribution is -0.000187. The van der Waals surface area contributed by atoms with Gasteiger partial charge in [-0.3, -0.25) is 4.79 Å². The van der Waals surface area contributed by atoms with Crippen molar-refractivity contribution in [3.05, 3.63) is 47.3 Å². The Morgan fingerprint density at radius 1 is 1.29 bits per heavy atom. The fourth-order valence-corrected chi connectivity index (χ4v) is 3.20. The van der Waals surface area contributed by atoms with E-state index in [1.807, 2.05) is 55.9 Å². The fourth-order valence-electron chi connectivity index (χ4n) is 3.20. The third-order valence-corrected chi connectivity index (χ3v) is 4.47. The summed E-state index contributed by atoms with van der Waals surface area (Å²) < 4.78 is 7.61. The molecule has 0 aliphatic carbocycles. The average molecular weight is 327 g/mol. The normalized spacial score (nSPS) is 17.7. The van der Waals surface area contributed by atoms with Crippen LogP contribution in [0.1, 0.15) is 41.0 Å². The van der Waals surface area contributed by atoms with Crippen molar-refractivity contribution in [2.45, 2.75) is 39.2 Å². The van der Waals surface area contributed by atoms with Gasteiger partial charge in [-0.2, -0.15) is 5.10 Å². The Morgan fingerprint density at radius 2 is 2.04 bits per heavy atom. The number of hydrogen-bond acceptors (Lipinski definition) is 3. The van der Waals surface area contributed by atoms with Gasteiger partial charge in [0.15, 0.2) is 0 Å². The number of carbonyl (C=O) groups excluding carboxylic acids is 1. The van der Waals surface area contributed by atoms with Crippen LogP contribution in [-0.2, 0) is 4.74 Å². The molecule has 1 fully saturated rings. The summed E-state index contributed by atoms with van der Waals surface area (Å²) >= 11 is 0. The summed E-state index contributed by atoms with van der Waals surface area (Å²) in [5.41, 5.74) is 3.73. The molecule has 128 valence electrons. The molecule has 3 rings (SSSR count). The minimum Gasteiger partial charge on any atom is -0.376 e. The van der Waals surface area contributed by atoms with Crippen molar-refractivity contribution in [3.8, 4) is 5.69 Å². The standard InChI is InChI=1S/C19H25N3O2/c1-14-12-15(2)22(20-14)17-9-7-16(8-10-17)19(23)21(3)13-18-6-4-5-11-24-18/h7-10,12,18H,4-6,11,13H2,1-3H3/t18-/m1/s1. The maximum Gasteiger partial charge on any atom is 0.253 e. The Balaban J connectivity index is 1.68. The lowest BCUT2D eigenvalue weighted by Gasteiger charge is -2.27. The Hall–Kier alpha value is -2.14. The second-order valence-electron chi connectivity index (χ2n) is 6.56. The van der Waals surface area contributed by atoms with Crippen molar-refractivity contribution in [2.24, 2.45) is 0 Å². The molecule has 0 spiro atoms. The van der Waals surface area contributed by atoms with E-state index in [9.17, 15) is 4.79 Å². The molecule has 1 aromatic heterocycles. The predicted octanol–water partition coefficient (Wildman–Crippen LogP) is 3.13. The number of aryl methyl sites for hydroxylation is 2. The summed E-state index contributed by atoms with van der Waals surface area (Å²) in [6.07, 6.45) is 3.52. The maximum atomic E-state index is 12.6. The molecular formula is C19H25N3O2. The van der Waals surface area contributed by atoms with Crippen LogP contribution in [0.4, 0.5) is 0 Å². The smallest absolute Gasteiger partial charge is 0.253 e. The van der Waals surface area contributed by atoms with Gasteiger partial charge in [0.25, 0.3) is 5.91 Å². The van der Waals surface area contributed by atoms with Crippen LogP contribution in [0.2, 0.25) is 0 Å². The van der Waals surface area contributed by atoms with Crippen molar-refractivity contribution in [3.63, 3.8) is 0 Å². The number of carbonyl (C=O) groups is 1. The Morgan fingerprint density at radius 3 is 2.62 bits per heavy atom. The molecule has 0 saturated carbocycles. The lowest BCUT2D eigenvalue weighted by Crippen LogP contribution is -2.37. The molecule has 1 atom stereocenters. The topological polar surface area (TPSA) is 47.4 Å². The molecule has 24 heavy (non-hydrogen) atoms. The lowest BCUT2D eigenvalue weighted by atomic mass is 10.1. The van der Waals surface area contributed by atoms with Gasteiger partial charge in [0.1, 0.15) is 0 Å². The number of ether oxygens (including phenoxy) is 1. The molecular weight excluding hydrogens is 302 g/mol. The van der Waals surface area contributed by atoms with E-state index in [4.69, 9.17) is 4.74 Å². The van der Waals surface area contributed by atoms with Gasteiger partial charge in [0, 0.05) is 31.5 Å². The van der Waals surface area contributed by atoms with Gasteiger partial charge in [0.05, 0.1) is 17.5 Å². The second kappa shape index (κ2) is 7.18. The number of nitrogens with zero attached hydrogens (tertiary/aromatic N) is 3. The van der Waals surface area contributed by atoms with E-state index in [2.05, 4.69) is 5.10 Å². The molecule has 0 radical (unpaired) electrons.